The van der Waals surface area contributed by atoms with Crippen LogP contribution in [0.15, 0.2) is 14.3 Å². The van der Waals surface area contributed by atoms with E-state index in [1.165, 1.54) is 11.3 Å². The van der Waals surface area contributed by atoms with E-state index in [1.807, 2.05) is 26.8 Å². The van der Waals surface area contributed by atoms with Crippen molar-refractivity contribution in [2.75, 3.05) is 0 Å². The molecule has 1 heterocycles. The summed E-state index contributed by atoms with van der Waals surface area (Å²) in [6.07, 6.45) is 0. The van der Waals surface area contributed by atoms with Crippen molar-refractivity contribution < 1.29 is 4.79 Å². The van der Waals surface area contributed by atoms with Gasteiger partial charge in [-0.15, -0.1) is 11.3 Å². The Morgan fingerprint density at radius 2 is 1.92 bits per heavy atom. The van der Waals surface area contributed by atoms with E-state index in [9.17, 15) is 4.79 Å². The van der Waals surface area contributed by atoms with Crippen LogP contribution in [0.2, 0.25) is 0 Å². The molecule has 0 aliphatic rings. The Balaban J connectivity index is 3.03. The quantitative estimate of drug-likeness (QED) is 0.695. The first kappa shape index (κ1) is 11.4. The van der Waals surface area contributed by atoms with Gasteiger partial charge in [0.05, 0.1) is 8.66 Å². The molecule has 1 aromatic rings. The Morgan fingerprint density at radius 1 is 1.38 bits per heavy atom. The van der Waals surface area contributed by atoms with E-state index >= 15 is 0 Å². The smallest absolute Gasteiger partial charge is 0.178 e. The second-order valence-corrected chi connectivity index (χ2v) is 7.04. The summed E-state index contributed by atoms with van der Waals surface area (Å²) in [5.74, 6) is 0.184. The molecular weight excluding hydrogens is 316 g/mol. The van der Waals surface area contributed by atoms with Gasteiger partial charge in [-0.1, -0.05) is 20.8 Å². The van der Waals surface area contributed by atoms with Gasteiger partial charge >= 0.3 is 0 Å². The Kier molecular flexibility index (Phi) is 3.36. The molecule has 0 bridgehead atoms. The Morgan fingerprint density at radius 3 is 2.23 bits per heavy atom. The van der Waals surface area contributed by atoms with Crippen LogP contribution in [0.3, 0.4) is 0 Å². The van der Waals surface area contributed by atoms with Gasteiger partial charge in [0.15, 0.2) is 5.78 Å². The molecule has 0 aliphatic heterocycles. The maximum Gasteiger partial charge on any atom is 0.178 e. The fourth-order valence-electron chi connectivity index (χ4n) is 0.828. The highest BCUT2D eigenvalue weighted by Gasteiger charge is 2.24. The summed E-state index contributed by atoms with van der Waals surface area (Å²) in [5.41, 5.74) is -0.302. The fraction of sp³-hybridized carbons (Fsp3) is 0.444. The van der Waals surface area contributed by atoms with Gasteiger partial charge in [0, 0.05) is 9.89 Å². The van der Waals surface area contributed by atoms with Crippen molar-refractivity contribution in [2.45, 2.75) is 20.8 Å². The molecule has 0 aliphatic carbocycles. The number of halogens is 2. The predicted octanol–water partition coefficient (Wildman–Crippen LogP) is 4.50. The van der Waals surface area contributed by atoms with Crippen LogP contribution < -0.4 is 0 Å². The molecule has 0 unspecified atom stereocenters. The minimum atomic E-state index is -0.302. The molecule has 0 saturated carbocycles. The lowest BCUT2D eigenvalue weighted by atomic mass is 9.90. The molecule has 0 fully saturated rings. The van der Waals surface area contributed by atoms with Crippen molar-refractivity contribution in [2.24, 2.45) is 5.41 Å². The van der Waals surface area contributed by atoms with E-state index < -0.39 is 0 Å². The van der Waals surface area contributed by atoms with Crippen molar-refractivity contribution in [3.05, 3.63) is 19.2 Å². The molecule has 0 atom stereocenters. The van der Waals surface area contributed by atoms with Crippen LogP contribution in [-0.2, 0) is 0 Å². The molecule has 0 amide bonds. The highest BCUT2D eigenvalue weighted by atomic mass is 79.9. The van der Waals surface area contributed by atoms with E-state index in [-0.39, 0.29) is 11.2 Å². The number of rotatable bonds is 1. The third-order valence-corrected chi connectivity index (χ3v) is 4.81. The number of hydrogen-bond acceptors (Lipinski definition) is 2. The number of hydrogen-bond donors (Lipinski definition) is 0. The summed E-state index contributed by atoms with van der Waals surface area (Å²) in [5, 5.41) is 0. The Hall–Kier alpha value is 0.330. The van der Waals surface area contributed by atoms with Crippen LogP contribution in [-0.4, -0.2) is 5.78 Å². The average molecular weight is 326 g/mol. The normalized spacial score (nSPS) is 11.8. The summed E-state index contributed by atoms with van der Waals surface area (Å²) in [4.78, 5) is 12.6. The molecule has 0 radical (unpaired) electrons. The van der Waals surface area contributed by atoms with Crippen molar-refractivity contribution >= 4 is 49.0 Å². The first-order chi connectivity index (χ1) is 5.82. The number of ketones is 1. The minimum absolute atomic E-state index is 0.184. The molecule has 0 spiro atoms. The molecule has 0 saturated heterocycles. The molecule has 72 valence electrons. The fourth-order valence-corrected chi connectivity index (χ4v) is 3.01. The first-order valence-electron chi connectivity index (χ1n) is 3.82. The molecule has 4 heteroatoms. The van der Waals surface area contributed by atoms with Crippen molar-refractivity contribution in [3.63, 3.8) is 0 Å². The lowest BCUT2D eigenvalue weighted by Crippen LogP contribution is -2.18. The third-order valence-electron chi connectivity index (χ3n) is 1.55. The monoisotopic (exact) mass is 324 g/mol. The van der Waals surface area contributed by atoms with Crippen LogP contribution in [0, 0.1) is 5.41 Å². The van der Waals surface area contributed by atoms with Gasteiger partial charge in [-0.05, 0) is 37.9 Å². The minimum Gasteiger partial charge on any atom is -0.293 e. The second-order valence-electron chi connectivity index (χ2n) is 3.81. The highest BCUT2D eigenvalue weighted by Crippen LogP contribution is 2.35. The number of carbonyl (C=O) groups excluding carboxylic acids is 1. The van der Waals surface area contributed by atoms with Gasteiger partial charge < -0.3 is 0 Å². The molecule has 0 N–H and O–H groups in total. The van der Waals surface area contributed by atoms with Crippen LogP contribution >= 0.6 is 43.2 Å². The maximum absolute atomic E-state index is 11.8. The number of thiophene rings is 1. The SMILES string of the molecule is CC(C)(C)C(=O)c1cc(Br)c(Br)s1. The van der Waals surface area contributed by atoms with Crippen molar-refractivity contribution in [1.82, 2.24) is 0 Å². The van der Waals surface area contributed by atoms with Gasteiger partial charge in [-0.2, -0.15) is 0 Å². The lowest BCUT2D eigenvalue weighted by Gasteiger charge is -2.14. The summed E-state index contributed by atoms with van der Waals surface area (Å²) >= 11 is 8.20. The van der Waals surface area contributed by atoms with Crippen LogP contribution in [0.4, 0.5) is 0 Å². The first-order valence-corrected chi connectivity index (χ1v) is 6.22. The van der Waals surface area contributed by atoms with Crippen LogP contribution in [0.5, 0.6) is 0 Å². The molecule has 1 aromatic heterocycles. The van der Waals surface area contributed by atoms with Gasteiger partial charge in [-0.3, -0.25) is 4.79 Å². The largest absolute Gasteiger partial charge is 0.293 e. The Labute approximate surface area is 98.8 Å². The van der Waals surface area contributed by atoms with E-state index in [2.05, 4.69) is 31.9 Å². The molecule has 13 heavy (non-hydrogen) atoms. The van der Waals surface area contributed by atoms with Crippen molar-refractivity contribution in [1.29, 1.82) is 0 Å². The highest BCUT2D eigenvalue weighted by molar-refractivity contribution is 9.13. The average Bonchev–Trinajstić information content (AvgIpc) is 2.29. The van der Waals surface area contributed by atoms with E-state index in [0.717, 1.165) is 13.1 Å². The van der Waals surface area contributed by atoms with Gasteiger partial charge in [0.2, 0.25) is 0 Å². The summed E-state index contributed by atoms with van der Waals surface area (Å²) in [6, 6.07) is 1.86. The zero-order valence-electron chi connectivity index (χ0n) is 7.65. The van der Waals surface area contributed by atoms with Gasteiger partial charge in [-0.25, -0.2) is 0 Å². The second kappa shape index (κ2) is 3.83. The van der Waals surface area contributed by atoms with Crippen molar-refractivity contribution in [3.8, 4) is 0 Å². The van der Waals surface area contributed by atoms with Gasteiger partial charge in [0.1, 0.15) is 0 Å². The van der Waals surface area contributed by atoms with Gasteiger partial charge in [0.25, 0.3) is 0 Å². The molecule has 1 rings (SSSR count). The van der Waals surface area contributed by atoms with E-state index in [0.29, 0.717) is 0 Å². The predicted molar refractivity (Wildman–Crippen MR) is 63.5 cm³/mol. The summed E-state index contributed by atoms with van der Waals surface area (Å²) in [6.45, 7) is 5.78. The third kappa shape index (κ3) is 2.64. The topological polar surface area (TPSA) is 17.1 Å². The summed E-state index contributed by atoms with van der Waals surface area (Å²) < 4.78 is 1.92. The molecular formula is C9H10Br2OS. The van der Waals surface area contributed by atoms with E-state index in [1.54, 1.807) is 0 Å². The van der Waals surface area contributed by atoms with Crippen LogP contribution in [0.25, 0.3) is 0 Å². The summed E-state index contributed by atoms with van der Waals surface area (Å²) in [7, 11) is 0. The zero-order chi connectivity index (χ0) is 10.2. The standard InChI is InChI=1S/C9H10Br2OS/c1-9(2,3)7(12)6-4-5(10)8(11)13-6/h4H,1-3H3. The number of Topliss-reactive ketones (excluding diaryl/α,β-unsaturated/α-hetero) is 1. The van der Waals surface area contributed by atoms with E-state index in [4.69, 9.17) is 0 Å². The lowest BCUT2D eigenvalue weighted by molar-refractivity contribution is 0.0863. The zero-order valence-corrected chi connectivity index (χ0v) is 11.6. The molecule has 1 nitrogen and oxygen atoms in total. The molecule has 0 aromatic carbocycles. The number of carbonyl (C=O) groups is 1. The van der Waals surface area contributed by atoms with Crippen LogP contribution in [0.1, 0.15) is 30.4 Å². The Bertz CT molecular complexity index is 316. The maximum atomic E-state index is 11.8.